The second-order valence-corrected chi connectivity index (χ2v) is 7.74. The standard InChI is InChI=1S/C25H32N5O2.K/c26-12-13-29-25(31)23-11-4-5-15-30(23)18-24(27)28-14-16-32-19-20-7-6-10-22(17-20)21-8-2-1-3-9-21;/h1-3,6-10,14,17,23H,4-5,11-13,15,18-19,26H2,(H3,27,28,29,31);/q-1;+1/p-1. The topological polar surface area (TPSA) is 104 Å². The van der Waals surface area contributed by atoms with Crippen LogP contribution in [0.4, 0.5) is 0 Å². The summed E-state index contributed by atoms with van der Waals surface area (Å²) in [4.78, 5) is 18.5. The van der Waals surface area contributed by atoms with Crippen molar-refractivity contribution in [3.63, 3.8) is 0 Å². The number of carbonyl (C=O) groups is 1. The zero-order chi connectivity index (χ0) is 22.6. The number of nitrogens with one attached hydrogen (secondary N) is 2. The molecule has 0 spiro atoms. The fourth-order valence-corrected chi connectivity index (χ4v) is 3.76. The van der Waals surface area contributed by atoms with Crippen LogP contribution in [-0.4, -0.2) is 48.9 Å². The van der Waals surface area contributed by atoms with E-state index >= 15 is 0 Å². The molecule has 8 heteroatoms. The number of nitrogens with zero attached hydrogens (tertiary/aromatic N) is 2. The van der Waals surface area contributed by atoms with Crippen LogP contribution in [-0.2, 0) is 16.1 Å². The summed E-state index contributed by atoms with van der Waals surface area (Å²) in [5.41, 5.74) is 16.9. The van der Waals surface area contributed by atoms with Crippen LogP contribution in [0.3, 0.4) is 0 Å². The molecule has 7 nitrogen and oxygen atoms in total. The Balaban J connectivity index is 0.00000385. The number of nitrogens with two attached hydrogens (primary N) is 1. The maximum atomic E-state index is 12.3. The molecule has 0 aliphatic carbocycles. The number of amides is 1. The van der Waals surface area contributed by atoms with E-state index in [-0.39, 0.29) is 69.2 Å². The summed E-state index contributed by atoms with van der Waals surface area (Å²) in [6.45, 7) is 2.35. The summed E-state index contributed by atoms with van der Waals surface area (Å²) in [6, 6.07) is 18.1. The number of rotatable bonds is 10. The molecule has 1 heterocycles. The molecule has 3 rings (SSSR count). The summed E-state index contributed by atoms with van der Waals surface area (Å²) >= 11 is 0. The van der Waals surface area contributed by atoms with Gasteiger partial charge in [0, 0.05) is 19.6 Å². The second-order valence-electron chi connectivity index (χ2n) is 7.74. The van der Waals surface area contributed by atoms with Gasteiger partial charge in [-0.05, 0) is 42.1 Å². The third kappa shape index (κ3) is 9.33. The van der Waals surface area contributed by atoms with Crippen LogP contribution in [0.15, 0.2) is 65.8 Å². The van der Waals surface area contributed by atoms with Crippen LogP contribution in [0.5, 0.6) is 0 Å². The molecule has 0 bridgehead atoms. The minimum absolute atomic E-state index is 0. The summed E-state index contributed by atoms with van der Waals surface area (Å²) in [7, 11) is 0. The molecule has 4 N–H and O–H groups in total. The fraction of sp³-hybridized carbons (Fsp3) is 0.360. The van der Waals surface area contributed by atoms with E-state index in [2.05, 4.69) is 40.8 Å². The Hall–Kier alpha value is -1.52. The first-order valence-electron chi connectivity index (χ1n) is 11.0. The van der Waals surface area contributed by atoms with Gasteiger partial charge in [0.25, 0.3) is 0 Å². The molecule has 0 radical (unpaired) electrons. The molecule has 1 unspecified atom stereocenters. The number of aliphatic imine (C=N–C) groups is 1. The Morgan fingerprint density at radius 3 is 2.79 bits per heavy atom. The average molecular weight is 473 g/mol. The first-order valence-corrected chi connectivity index (χ1v) is 11.0. The van der Waals surface area contributed by atoms with Crippen molar-refractivity contribution < 1.29 is 60.9 Å². The van der Waals surface area contributed by atoms with Crippen LogP contribution in [0, 0.1) is 6.26 Å². The zero-order valence-corrected chi connectivity index (χ0v) is 22.4. The van der Waals surface area contributed by atoms with E-state index in [1.165, 1.54) is 6.20 Å². The van der Waals surface area contributed by atoms with Gasteiger partial charge in [-0.15, -0.1) is 0 Å². The molecule has 1 aliphatic heterocycles. The Bertz CT molecular complexity index is 920. The van der Waals surface area contributed by atoms with Crippen molar-refractivity contribution in [3.05, 3.63) is 78.4 Å². The molecule has 1 fully saturated rings. The number of hydrogen-bond acceptors (Lipinski definition) is 5. The molecule has 1 saturated heterocycles. The quantitative estimate of drug-likeness (QED) is 0.173. The predicted molar refractivity (Wildman–Crippen MR) is 128 cm³/mol. The fourth-order valence-electron chi connectivity index (χ4n) is 3.76. The summed E-state index contributed by atoms with van der Waals surface area (Å²) in [5, 5.41) is 2.85. The number of piperidine rings is 1. The van der Waals surface area contributed by atoms with Gasteiger partial charge in [0.15, 0.2) is 0 Å². The zero-order valence-electron chi connectivity index (χ0n) is 19.3. The smallest absolute Gasteiger partial charge is 0.690 e. The normalized spacial score (nSPS) is 16.9. The van der Waals surface area contributed by atoms with Crippen molar-refractivity contribution in [1.29, 1.82) is 0 Å². The van der Waals surface area contributed by atoms with Crippen molar-refractivity contribution >= 4 is 11.7 Å². The van der Waals surface area contributed by atoms with E-state index in [4.69, 9.17) is 16.2 Å². The molecule has 0 aromatic heterocycles. The first kappa shape index (κ1) is 27.7. The van der Waals surface area contributed by atoms with Crippen LogP contribution < -0.4 is 62.4 Å². The van der Waals surface area contributed by atoms with Gasteiger partial charge < -0.3 is 32.8 Å². The van der Waals surface area contributed by atoms with E-state index in [1.54, 1.807) is 0 Å². The van der Waals surface area contributed by atoms with Crippen molar-refractivity contribution in [2.75, 3.05) is 26.2 Å². The Morgan fingerprint density at radius 1 is 1.21 bits per heavy atom. The van der Waals surface area contributed by atoms with Crippen LogP contribution in [0.2, 0.25) is 0 Å². The maximum absolute atomic E-state index is 12.3. The summed E-state index contributed by atoms with van der Waals surface area (Å²) in [6.07, 6.45) is 6.86. The minimum atomic E-state index is -0.230. The van der Waals surface area contributed by atoms with Gasteiger partial charge in [0.1, 0.15) is 0 Å². The van der Waals surface area contributed by atoms with Crippen LogP contribution in [0.25, 0.3) is 16.9 Å². The number of hydrogen-bond donors (Lipinski definition) is 2. The van der Waals surface area contributed by atoms with Crippen LogP contribution >= 0.6 is 0 Å². The Kier molecular flexibility index (Phi) is 12.9. The molecule has 33 heavy (non-hydrogen) atoms. The Labute approximate surface area is 239 Å². The number of amidine groups is 1. The van der Waals surface area contributed by atoms with Crippen molar-refractivity contribution in [2.45, 2.75) is 31.9 Å². The first-order chi connectivity index (χ1) is 15.7. The van der Waals surface area contributed by atoms with Gasteiger partial charge in [0.05, 0.1) is 12.6 Å². The SMILES string of the molecule is [K+].[NH-]C(CN1CCCCC1C(=O)NCCN)=NC=[C-]OCc1cccc(-c2ccccc2)c1. The van der Waals surface area contributed by atoms with Gasteiger partial charge in [-0.2, -0.15) is 0 Å². The van der Waals surface area contributed by atoms with E-state index in [9.17, 15) is 4.79 Å². The molecular weight excluding hydrogens is 441 g/mol. The number of carbonyl (C=O) groups excluding carboxylic acids is 1. The van der Waals surface area contributed by atoms with Gasteiger partial charge in [-0.1, -0.05) is 60.8 Å². The number of likely N-dealkylation sites (tertiary alicyclic amines) is 1. The average Bonchev–Trinajstić information content (AvgIpc) is 2.83. The summed E-state index contributed by atoms with van der Waals surface area (Å²) < 4.78 is 5.47. The molecule has 1 aliphatic rings. The predicted octanol–water partition coefficient (Wildman–Crippen LogP) is 0.529. The third-order valence-corrected chi connectivity index (χ3v) is 5.34. The van der Waals surface area contributed by atoms with Crippen molar-refractivity contribution in [2.24, 2.45) is 10.7 Å². The van der Waals surface area contributed by atoms with E-state index in [1.807, 2.05) is 35.2 Å². The second kappa shape index (κ2) is 15.4. The minimum Gasteiger partial charge on any atom is -0.690 e. The molecule has 170 valence electrons. The molecule has 2 aromatic carbocycles. The largest absolute Gasteiger partial charge is 1.00 e. The van der Waals surface area contributed by atoms with Crippen LogP contribution in [0.1, 0.15) is 24.8 Å². The third-order valence-electron chi connectivity index (χ3n) is 5.34. The van der Waals surface area contributed by atoms with Gasteiger partial charge in [-0.25, -0.2) is 6.20 Å². The molecule has 2 aromatic rings. The van der Waals surface area contributed by atoms with Crippen molar-refractivity contribution in [3.8, 4) is 11.1 Å². The van der Waals surface area contributed by atoms with E-state index < -0.39 is 0 Å². The number of benzene rings is 2. The number of ether oxygens (including phenoxy) is 1. The Morgan fingerprint density at radius 2 is 2.00 bits per heavy atom. The molecular formula is C25H31KN5O2-. The van der Waals surface area contributed by atoms with Gasteiger partial charge in [-0.3, -0.25) is 9.69 Å². The van der Waals surface area contributed by atoms with Crippen molar-refractivity contribution in [1.82, 2.24) is 10.2 Å². The monoisotopic (exact) mass is 472 g/mol. The molecule has 0 saturated carbocycles. The van der Waals surface area contributed by atoms with Gasteiger partial charge >= 0.3 is 51.4 Å². The molecule has 1 atom stereocenters. The van der Waals surface area contributed by atoms with Gasteiger partial charge in [0.2, 0.25) is 5.91 Å². The maximum Gasteiger partial charge on any atom is 1.00 e. The van der Waals surface area contributed by atoms with E-state index in [0.29, 0.717) is 26.2 Å². The molecule has 1 amide bonds. The van der Waals surface area contributed by atoms with E-state index in [0.717, 1.165) is 42.5 Å². The summed E-state index contributed by atoms with van der Waals surface area (Å²) in [5.74, 6) is 0.150.